The molecule has 0 saturated heterocycles. The molecular formula is C17H17ClN2O3. The number of amides is 1. The van der Waals surface area contributed by atoms with Crippen LogP contribution in [0, 0.1) is 6.92 Å². The van der Waals surface area contributed by atoms with Crippen LogP contribution in [0.4, 0.5) is 0 Å². The third-order valence-corrected chi connectivity index (χ3v) is 3.33. The third kappa shape index (κ3) is 5.00. The number of aryl methyl sites for hydroxylation is 1. The molecule has 0 aliphatic rings. The van der Waals surface area contributed by atoms with Gasteiger partial charge in [0.2, 0.25) is 0 Å². The number of benzene rings is 2. The minimum Gasteiger partial charge on any atom is -0.496 e. The Morgan fingerprint density at radius 3 is 2.74 bits per heavy atom. The van der Waals surface area contributed by atoms with Crippen molar-refractivity contribution in [1.29, 1.82) is 0 Å². The molecule has 0 atom stereocenters. The summed E-state index contributed by atoms with van der Waals surface area (Å²) in [5.41, 5.74) is 4.25. The molecule has 2 aromatic carbocycles. The van der Waals surface area contributed by atoms with Gasteiger partial charge in [-0.05, 0) is 48.4 Å². The highest BCUT2D eigenvalue weighted by molar-refractivity contribution is 6.32. The second kappa shape index (κ2) is 8.19. The van der Waals surface area contributed by atoms with Gasteiger partial charge in [-0.2, -0.15) is 5.10 Å². The summed E-state index contributed by atoms with van der Waals surface area (Å²) in [5, 5.41) is 4.35. The van der Waals surface area contributed by atoms with E-state index in [4.69, 9.17) is 21.1 Å². The van der Waals surface area contributed by atoms with E-state index in [0.29, 0.717) is 10.8 Å². The van der Waals surface area contributed by atoms with Crippen LogP contribution in [0.2, 0.25) is 5.02 Å². The highest BCUT2D eigenvalue weighted by Crippen LogP contribution is 2.22. The Labute approximate surface area is 139 Å². The van der Waals surface area contributed by atoms with Crippen LogP contribution in [-0.4, -0.2) is 25.8 Å². The van der Waals surface area contributed by atoms with Crippen molar-refractivity contribution in [1.82, 2.24) is 5.43 Å². The molecule has 0 aliphatic carbocycles. The number of hydrogen-bond donors (Lipinski definition) is 1. The summed E-state index contributed by atoms with van der Waals surface area (Å²) in [4.78, 5) is 11.7. The van der Waals surface area contributed by atoms with Gasteiger partial charge in [0.15, 0.2) is 6.61 Å². The monoisotopic (exact) mass is 332 g/mol. The number of carbonyl (C=O) groups is 1. The van der Waals surface area contributed by atoms with Crippen LogP contribution in [-0.2, 0) is 4.79 Å². The second-order valence-electron chi connectivity index (χ2n) is 4.74. The number of rotatable bonds is 6. The van der Waals surface area contributed by atoms with E-state index in [0.717, 1.165) is 16.9 Å². The molecule has 120 valence electrons. The number of hydrogen-bond acceptors (Lipinski definition) is 4. The summed E-state index contributed by atoms with van der Waals surface area (Å²) in [6.45, 7) is 1.77. The van der Waals surface area contributed by atoms with Crippen LogP contribution in [0.3, 0.4) is 0 Å². The maximum Gasteiger partial charge on any atom is 0.277 e. The summed E-state index contributed by atoms with van der Waals surface area (Å²) < 4.78 is 10.5. The van der Waals surface area contributed by atoms with Crippen molar-refractivity contribution < 1.29 is 14.3 Å². The van der Waals surface area contributed by atoms with Gasteiger partial charge >= 0.3 is 0 Å². The number of hydrazone groups is 1. The molecule has 0 radical (unpaired) electrons. The SMILES string of the molecule is COc1ccc(/C=N\NC(=O)COc2ccccc2Cl)cc1C. The Balaban J connectivity index is 1.84. The van der Waals surface area contributed by atoms with Crippen molar-refractivity contribution in [2.75, 3.05) is 13.7 Å². The van der Waals surface area contributed by atoms with Crippen LogP contribution in [0.1, 0.15) is 11.1 Å². The second-order valence-corrected chi connectivity index (χ2v) is 5.15. The van der Waals surface area contributed by atoms with Gasteiger partial charge < -0.3 is 9.47 Å². The molecule has 1 amide bonds. The first-order chi connectivity index (χ1) is 11.1. The standard InChI is InChI=1S/C17H17ClN2O3/c1-12-9-13(7-8-15(12)22-2)10-19-20-17(21)11-23-16-6-4-3-5-14(16)18/h3-10H,11H2,1-2H3,(H,20,21)/b19-10-. The van der Waals surface area contributed by atoms with Gasteiger partial charge in [0.05, 0.1) is 18.3 Å². The molecule has 0 fully saturated rings. The number of ether oxygens (including phenoxy) is 2. The molecule has 0 aliphatic heterocycles. The lowest BCUT2D eigenvalue weighted by atomic mass is 10.1. The van der Waals surface area contributed by atoms with Gasteiger partial charge in [0.1, 0.15) is 11.5 Å². The fraction of sp³-hybridized carbons (Fsp3) is 0.176. The molecule has 0 heterocycles. The lowest BCUT2D eigenvalue weighted by Crippen LogP contribution is -2.24. The largest absolute Gasteiger partial charge is 0.496 e. The predicted octanol–water partition coefficient (Wildman–Crippen LogP) is 3.19. The summed E-state index contributed by atoms with van der Waals surface area (Å²) in [7, 11) is 1.62. The van der Waals surface area contributed by atoms with E-state index >= 15 is 0 Å². The third-order valence-electron chi connectivity index (χ3n) is 3.02. The van der Waals surface area contributed by atoms with Crippen molar-refractivity contribution in [2.24, 2.45) is 5.10 Å². The number of nitrogens with one attached hydrogen (secondary N) is 1. The number of methoxy groups -OCH3 is 1. The lowest BCUT2D eigenvalue weighted by Gasteiger charge is -2.06. The molecule has 2 rings (SSSR count). The van der Waals surface area contributed by atoms with E-state index in [-0.39, 0.29) is 12.5 Å². The maximum atomic E-state index is 11.7. The number of carbonyl (C=O) groups excluding carboxylic acids is 1. The van der Waals surface area contributed by atoms with E-state index in [1.165, 1.54) is 0 Å². The summed E-state index contributed by atoms with van der Waals surface area (Å²) >= 11 is 5.94. The Bertz CT molecular complexity index is 717. The van der Waals surface area contributed by atoms with Gasteiger partial charge in [-0.3, -0.25) is 4.79 Å². The van der Waals surface area contributed by atoms with Crippen molar-refractivity contribution >= 4 is 23.7 Å². The number of para-hydroxylation sites is 1. The number of halogens is 1. The maximum absolute atomic E-state index is 11.7. The smallest absolute Gasteiger partial charge is 0.277 e. The minimum atomic E-state index is -0.369. The first-order valence-electron chi connectivity index (χ1n) is 6.94. The van der Waals surface area contributed by atoms with Crippen molar-refractivity contribution in [3.05, 3.63) is 58.6 Å². The molecule has 23 heavy (non-hydrogen) atoms. The highest BCUT2D eigenvalue weighted by atomic mass is 35.5. The fourth-order valence-corrected chi connectivity index (χ4v) is 2.09. The van der Waals surface area contributed by atoms with Crippen molar-refractivity contribution in [3.8, 4) is 11.5 Å². The first kappa shape index (κ1) is 16.8. The summed E-state index contributed by atoms with van der Waals surface area (Å²) in [6, 6.07) is 12.6. The zero-order valence-corrected chi connectivity index (χ0v) is 13.6. The molecule has 0 aromatic heterocycles. The van der Waals surface area contributed by atoms with Gasteiger partial charge in [-0.15, -0.1) is 0 Å². The van der Waals surface area contributed by atoms with Crippen LogP contribution in [0.5, 0.6) is 11.5 Å². The van der Waals surface area contributed by atoms with E-state index in [1.54, 1.807) is 37.6 Å². The topological polar surface area (TPSA) is 59.9 Å². The van der Waals surface area contributed by atoms with E-state index < -0.39 is 0 Å². The van der Waals surface area contributed by atoms with Gasteiger partial charge in [-0.1, -0.05) is 23.7 Å². The van der Waals surface area contributed by atoms with E-state index in [9.17, 15) is 4.79 Å². The Morgan fingerprint density at radius 1 is 1.26 bits per heavy atom. The quantitative estimate of drug-likeness (QED) is 0.653. The van der Waals surface area contributed by atoms with Gasteiger partial charge in [0.25, 0.3) is 5.91 Å². The Hall–Kier alpha value is -2.53. The lowest BCUT2D eigenvalue weighted by molar-refractivity contribution is -0.123. The predicted molar refractivity (Wildman–Crippen MR) is 90.4 cm³/mol. The van der Waals surface area contributed by atoms with E-state index in [2.05, 4.69) is 10.5 Å². The first-order valence-corrected chi connectivity index (χ1v) is 7.32. The summed E-state index contributed by atoms with van der Waals surface area (Å²) in [5.74, 6) is 0.893. The normalized spacial score (nSPS) is 10.6. The van der Waals surface area contributed by atoms with E-state index in [1.807, 2.05) is 25.1 Å². The molecule has 0 saturated carbocycles. The number of nitrogens with zero attached hydrogens (tertiary/aromatic N) is 1. The molecule has 0 bridgehead atoms. The highest BCUT2D eigenvalue weighted by Gasteiger charge is 2.04. The van der Waals surface area contributed by atoms with Crippen LogP contribution in [0.15, 0.2) is 47.6 Å². The molecule has 1 N–H and O–H groups in total. The van der Waals surface area contributed by atoms with Crippen LogP contribution < -0.4 is 14.9 Å². The average Bonchev–Trinajstić information content (AvgIpc) is 2.54. The zero-order valence-electron chi connectivity index (χ0n) is 12.9. The van der Waals surface area contributed by atoms with Crippen LogP contribution in [0.25, 0.3) is 0 Å². The van der Waals surface area contributed by atoms with Crippen molar-refractivity contribution in [2.45, 2.75) is 6.92 Å². The minimum absolute atomic E-state index is 0.164. The Morgan fingerprint density at radius 2 is 2.04 bits per heavy atom. The molecule has 0 spiro atoms. The average molecular weight is 333 g/mol. The molecular weight excluding hydrogens is 316 g/mol. The molecule has 2 aromatic rings. The molecule has 6 heteroatoms. The summed E-state index contributed by atoms with van der Waals surface area (Å²) in [6.07, 6.45) is 1.56. The van der Waals surface area contributed by atoms with Crippen molar-refractivity contribution in [3.63, 3.8) is 0 Å². The van der Waals surface area contributed by atoms with Gasteiger partial charge in [-0.25, -0.2) is 5.43 Å². The Kier molecular flexibility index (Phi) is 6.00. The van der Waals surface area contributed by atoms with Crippen LogP contribution >= 0.6 is 11.6 Å². The van der Waals surface area contributed by atoms with Gasteiger partial charge in [0, 0.05) is 0 Å². The fourth-order valence-electron chi connectivity index (χ4n) is 1.90. The molecule has 0 unspecified atom stereocenters. The zero-order chi connectivity index (χ0) is 16.7. The molecule has 5 nitrogen and oxygen atoms in total.